The smallest absolute Gasteiger partial charge is 0.324 e. The Balaban J connectivity index is 1.04. The zero-order valence-electron chi connectivity index (χ0n) is 44.6. The van der Waals surface area contributed by atoms with E-state index < -0.39 is 60.3 Å². The van der Waals surface area contributed by atoms with Crippen LogP contribution in [-0.4, -0.2) is 151 Å². The lowest BCUT2D eigenvalue weighted by atomic mass is 9.84. The summed E-state index contributed by atoms with van der Waals surface area (Å²) in [6.07, 6.45) is 3.87. The molecule has 0 spiro atoms. The fourth-order valence-electron chi connectivity index (χ4n) is 12.0. The maximum absolute atomic E-state index is 14.9. The number of fused-ring (bicyclic) bond motifs is 6. The number of carbonyl (C=O) groups is 3. The van der Waals surface area contributed by atoms with E-state index in [1.54, 1.807) is 12.6 Å². The van der Waals surface area contributed by atoms with E-state index in [4.69, 9.17) is 38.1 Å². The van der Waals surface area contributed by atoms with Gasteiger partial charge in [-0.2, -0.15) is 0 Å². The van der Waals surface area contributed by atoms with Gasteiger partial charge in [-0.1, -0.05) is 20.8 Å². The number of hydrogen-bond acceptors (Lipinski definition) is 16. The van der Waals surface area contributed by atoms with Crippen molar-refractivity contribution in [3.8, 4) is 22.7 Å². The van der Waals surface area contributed by atoms with Crippen molar-refractivity contribution in [1.29, 1.82) is 0 Å². The van der Waals surface area contributed by atoms with Crippen LogP contribution in [0.1, 0.15) is 107 Å². The summed E-state index contributed by atoms with van der Waals surface area (Å²) in [7, 11) is 1.69. The monoisotopic (exact) mass is 1080 g/mol. The Morgan fingerprint density at radius 2 is 1.82 bits per heavy atom. The second-order valence-electron chi connectivity index (χ2n) is 22.4. The first-order valence-electron chi connectivity index (χ1n) is 27.4. The first-order valence-corrected chi connectivity index (χ1v) is 28.3. The molecule has 2 N–H and O–H groups in total. The first kappa shape index (κ1) is 53.6. The number of esters is 1. The summed E-state index contributed by atoms with van der Waals surface area (Å²) in [5.41, 5.74) is 11.0. The molecule has 6 aliphatic rings. The van der Waals surface area contributed by atoms with E-state index in [9.17, 15) is 23.2 Å². The van der Waals surface area contributed by atoms with Crippen LogP contribution in [0.2, 0.25) is 0 Å². The fourth-order valence-corrected chi connectivity index (χ4v) is 12.6. The molecule has 5 aromatic rings. The average molecular weight is 1080 g/mol. The summed E-state index contributed by atoms with van der Waals surface area (Å²) in [5.74, 6) is -2.38. The fraction of sp³-hybridized carbons (Fsp3) is 0.607. The van der Waals surface area contributed by atoms with Gasteiger partial charge in [-0.15, -0.1) is 11.3 Å². The number of hydrogen-bond donors (Lipinski definition) is 2. The number of hydrazine groups is 1. The number of methoxy groups -OCH3 is 1. The number of piperazine rings is 1. The molecule has 2 amide bonds. The number of aromatic nitrogens is 4. The minimum Gasteiger partial charge on any atom is -0.464 e. The maximum atomic E-state index is 14.9. The van der Waals surface area contributed by atoms with Gasteiger partial charge in [-0.05, 0) is 87.6 Å². The van der Waals surface area contributed by atoms with E-state index in [2.05, 4.69) is 50.0 Å². The zero-order chi connectivity index (χ0) is 53.5. The number of ether oxygens (including phenoxy) is 5. The van der Waals surface area contributed by atoms with E-state index >= 15 is 0 Å². The van der Waals surface area contributed by atoms with Crippen molar-refractivity contribution >= 4 is 45.7 Å². The van der Waals surface area contributed by atoms with E-state index in [1.807, 2.05) is 43.6 Å². The number of anilines is 1. The Bertz CT molecular complexity index is 2900. The van der Waals surface area contributed by atoms with Crippen molar-refractivity contribution in [3.63, 3.8) is 0 Å². The summed E-state index contributed by atoms with van der Waals surface area (Å²) < 4.78 is 67.6. The third-order valence-corrected chi connectivity index (χ3v) is 17.1. The highest BCUT2D eigenvalue weighted by molar-refractivity contribution is 7.07. The number of pyridine rings is 1. The van der Waals surface area contributed by atoms with Gasteiger partial charge < -0.3 is 42.9 Å². The Morgan fingerprint density at radius 1 is 1.01 bits per heavy atom. The zero-order valence-corrected chi connectivity index (χ0v) is 45.4. The van der Waals surface area contributed by atoms with Crippen LogP contribution in [0, 0.1) is 17.3 Å². The predicted octanol–water partition coefficient (Wildman–Crippen LogP) is 7.48. The highest BCUT2D eigenvalue weighted by Gasteiger charge is 2.55. The Labute approximate surface area is 451 Å². The summed E-state index contributed by atoms with van der Waals surface area (Å²) in [6, 6.07) is 6.41. The SMILES string of the molecule is CO[C@@H](C)c1ncc(N2CCN(C3CC3)CC2)cc1-c1c2c3cc(ccc3n1CCOC1CCOCC1)-c1nc(co1)[C@@H](OCC(F)F)[C@H](NC(=O)[C@@H]1[C@@H](C)[C@H]1c1cscn1)C(=O)N1CCC[C@H](N1)C(=O)OCC(C)(C)C2. The minimum absolute atomic E-state index is 0.0253. The van der Waals surface area contributed by atoms with Gasteiger partial charge in [-0.3, -0.25) is 29.3 Å². The van der Waals surface area contributed by atoms with Gasteiger partial charge in [0.1, 0.15) is 36.8 Å². The molecule has 3 saturated heterocycles. The molecule has 0 unspecified atom stereocenters. The number of cyclic esters (lactones) is 1. The molecule has 11 rings (SSSR count). The molecule has 2 saturated carbocycles. The van der Waals surface area contributed by atoms with Gasteiger partial charge in [0.25, 0.3) is 12.3 Å². The van der Waals surface area contributed by atoms with Crippen molar-refractivity contribution in [3.05, 3.63) is 70.3 Å². The molecule has 21 heteroatoms. The van der Waals surface area contributed by atoms with E-state index in [-0.39, 0.29) is 48.8 Å². The molecule has 4 aliphatic heterocycles. The number of carbonyl (C=O) groups excluding carboxylic acids is 3. The molecule has 0 radical (unpaired) electrons. The number of oxazole rings is 1. The second-order valence-corrected chi connectivity index (χ2v) is 23.2. The molecular weight excluding hydrogens is 1010 g/mol. The number of rotatable bonds is 15. The maximum Gasteiger partial charge on any atom is 0.324 e. The van der Waals surface area contributed by atoms with Crippen LogP contribution in [-0.2, 0) is 51.0 Å². The number of halogens is 2. The minimum atomic E-state index is -2.92. The molecule has 7 atom stereocenters. The second kappa shape index (κ2) is 22.7. The van der Waals surface area contributed by atoms with Crippen LogP contribution in [0.25, 0.3) is 33.6 Å². The van der Waals surface area contributed by atoms with Gasteiger partial charge in [0.15, 0.2) is 0 Å². The van der Waals surface area contributed by atoms with Crippen molar-refractivity contribution < 1.29 is 51.3 Å². The van der Waals surface area contributed by atoms with Crippen LogP contribution >= 0.6 is 11.3 Å². The van der Waals surface area contributed by atoms with Crippen LogP contribution in [0.4, 0.5) is 14.5 Å². The van der Waals surface area contributed by atoms with Crippen LogP contribution in [0.5, 0.6) is 0 Å². The summed E-state index contributed by atoms with van der Waals surface area (Å²) >= 11 is 1.42. The summed E-state index contributed by atoms with van der Waals surface area (Å²) in [4.78, 5) is 63.1. The van der Waals surface area contributed by atoms with Gasteiger partial charge in [-0.25, -0.2) is 24.2 Å². The Morgan fingerprint density at radius 3 is 2.56 bits per heavy atom. The Hall–Kier alpha value is -5.42. The molecule has 2 aliphatic carbocycles. The number of alkyl halides is 2. The summed E-state index contributed by atoms with van der Waals surface area (Å²) in [6.45, 7) is 13.2. The lowest BCUT2D eigenvalue weighted by molar-refractivity contribution is -0.157. The van der Waals surface area contributed by atoms with Crippen molar-refractivity contribution in [2.45, 2.75) is 128 Å². The average Bonchev–Trinajstić information content (AvgIpc) is 4.39. The van der Waals surface area contributed by atoms with Gasteiger partial charge >= 0.3 is 5.97 Å². The number of nitrogens with zero attached hydrogens (tertiary/aromatic N) is 7. The lowest BCUT2D eigenvalue weighted by Gasteiger charge is -2.37. The van der Waals surface area contributed by atoms with E-state index in [0.29, 0.717) is 57.2 Å². The molecule has 414 valence electrons. The molecule has 6 bridgehead atoms. The largest absolute Gasteiger partial charge is 0.464 e. The molecule has 5 fully saturated rings. The van der Waals surface area contributed by atoms with Gasteiger partial charge in [0.05, 0.1) is 59.9 Å². The lowest BCUT2D eigenvalue weighted by Crippen LogP contribution is -2.61. The number of amides is 2. The van der Waals surface area contributed by atoms with Crippen LogP contribution in [0.3, 0.4) is 0 Å². The molecule has 4 aromatic heterocycles. The summed E-state index contributed by atoms with van der Waals surface area (Å²) in [5, 5.41) is 6.94. The number of benzene rings is 1. The molecule has 1 aromatic carbocycles. The van der Waals surface area contributed by atoms with Crippen molar-refractivity contribution in [1.82, 2.24) is 40.2 Å². The number of nitrogens with one attached hydrogen (secondary N) is 2. The van der Waals surface area contributed by atoms with Crippen LogP contribution < -0.4 is 15.6 Å². The Kier molecular flexibility index (Phi) is 15.8. The van der Waals surface area contributed by atoms with Crippen molar-refractivity contribution in [2.24, 2.45) is 17.3 Å². The molecule has 18 nitrogen and oxygen atoms in total. The van der Waals surface area contributed by atoms with Gasteiger partial charge in [0, 0.05) is 110 Å². The normalized spacial score (nSPS) is 26.0. The first-order chi connectivity index (χ1) is 37.2. The molecule has 77 heavy (non-hydrogen) atoms. The predicted molar refractivity (Wildman–Crippen MR) is 283 cm³/mol. The highest BCUT2D eigenvalue weighted by atomic mass is 32.1. The third-order valence-electron chi connectivity index (χ3n) is 16.4. The highest BCUT2D eigenvalue weighted by Crippen LogP contribution is 2.54. The molecular formula is C56H71F2N9O9S. The topological polar surface area (TPSA) is 188 Å². The number of thiazole rings is 1. The third kappa shape index (κ3) is 11.5. The quantitative estimate of drug-likeness (QED) is 0.0982. The van der Waals surface area contributed by atoms with E-state index in [0.717, 1.165) is 83.8 Å². The van der Waals surface area contributed by atoms with Gasteiger partial charge in [0.2, 0.25) is 11.8 Å². The van der Waals surface area contributed by atoms with Crippen molar-refractivity contribution in [2.75, 3.05) is 77.8 Å². The van der Waals surface area contributed by atoms with Crippen LogP contribution in [0.15, 0.2) is 52.0 Å². The van der Waals surface area contributed by atoms with E-state index in [1.165, 1.54) is 35.5 Å². The molecule has 8 heterocycles. The standard InChI is InChI=1S/C56H71F2N9O9S/c1-32-46(43-29-77-31-60-43)47(32)52(68)62-49-51(74-28-45(57)58)42-27-75-53(61-42)34-8-11-44-38(23-34)40(25-56(3,4)30-76-55(70)41-7-6-14-67(63-41)54(49)69)50(66(44)19-22-73-37-12-20-72-21-13-37)39-24-36(26-59-48(39)33(2)71-5)65-17-15-64(16-18-65)35-9-10-35/h8,11,23-24,26-27,29,31-33,35,37,41,45-47,49,51,63H,6-7,9-10,12-22,25,28,30H2,1-5H3,(H,62,68)/t32-,33-,41-,46-,47+,49-,51+/m0/s1.